The molecule has 0 heterocycles. The van der Waals surface area contributed by atoms with Gasteiger partial charge in [-0.2, -0.15) is 0 Å². The molecule has 0 bridgehead atoms. The van der Waals surface area contributed by atoms with Crippen LogP contribution in [0, 0.1) is 0 Å². The summed E-state index contributed by atoms with van der Waals surface area (Å²) in [5.41, 5.74) is 3.12. The average molecular weight is 312 g/mol. The predicted octanol–water partition coefficient (Wildman–Crippen LogP) is 3.03. The number of amides is 1. The van der Waals surface area contributed by atoms with E-state index in [1.807, 2.05) is 42.5 Å². The van der Waals surface area contributed by atoms with E-state index in [-0.39, 0.29) is 5.91 Å². The van der Waals surface area contributed by atoms with Crippen molar-refractivity contribution in [3.8, 4) is 0 Å². The lowest BCUT2D eigenvalue weighted by atomic mass is 10.1. The van der Waals surface area contributed by atoms with Gasteiger partial charge >= 0.3 is 0 Å². The Kier molecular flexibility index (Phi) is 6.32. The van der Waals surface area contributed by atoms with Gasteiger partial charge in [0.25, 0.3) is 0 Å². The van der Waals surface area contributed by atoms with Crippen LogP contribution in [0.25, 0.3) is 0 Å². The molecule has 2 N–H and O–H groups in total. The number of carbonyl (C=O) groups is 1. The number of benzene rings is 2. The molecule has 23 heavy (non-hydrogen) atoms. The molecule has 0 aliphatic carbocycles. The summed E-state index contributed by atoms with van der Waals surface area (Å²) in [6.07, 6.45) is -0.391. The third-order valence-electron chi connectivity index (χ3n) is 3.42. The monoisotopic (exact) mass is 312 g/mol. The van der Waals surface area contributed by atoms with Gasteiger partial charge in [0.15, 0.2) is 0 Å². The minimum atomic E-state index is -0.391. The van der Waals surface area contributed by atoms with Crippen molar-refractivity contribution in [2.75, 3.05) is 11.9 Å². The second-order valence-electron chi connectivity index (χ2n) is 5.89. The molecule has 0 radical (unpaired) electrons. The number of carbonyl (C=O) groups excluding carboxylic acids is 1. The second-order valence-corrected chi connectivity index (χ2v) is 5.89. The van der Waals surface area contributed by atoms with Crippen LogP contribution < -0.4 is 5.32 Å². The molecule has 0 spiro atoms. The van der Waals surface area contributed by atoms with E-state index in [2.05, 4.69) is 22.3 Å². The van der Waals surface area contributed by atoms with Gasteiger partial charge in [-0.25, -0.2) is 0 Å². The van der Waals surface area contributed by atoms with Crippen LogP contribution in [0.2, 0.25) is 0 Å². The number of aliphatic hydroxyl groups is 1. The molecule has 2 aromatic carbocycles. The largest absolute Gasteiger partial charge is 0.392 e. The minimum absolute atomic E-state index is 0.0766. The second kappa shape index (κ2) is 8.46. The zero-order valence-electron chi connectivity index (χ0n) is 13.7. The van der Waals surface area contributed by atoms with Crippen molar-refractivity contribution < 1.29 is 9.90 Å². The lowest BCUT2D eigenvalue weighted by Gasteiger charge is -2.24. The van der Waals surface area contributed by atoms with Crippen molar-refractivity contribution in [2.45, 2.75) is 33.0 Å². The van der Waals surface area contributed by atoms with Crippen molar-refractivity contribution in [1.82, 2.24) is 4.90 Å². The van der Waals surface area contributed by atoms with Crippen LogP contribution in [0.1, 0.15) is 25.0 Å². The Morgan fingerprint density at radius 1 is 1.09 bits per heavy atom. The van der Waals surface area contributed by atoms with Crippen LogP contribution in [-0.4, -0.2) is 28.6 Å². The molecule has 0 fully saturated rings. The molecule has 1 unspecified atom stereocenters. The van der Waals surface area contributed by atoms with Crippen molar-refractivity contribution >= 4 is 11.6 Å². The van der Waals surface area contributed by atoms with Crippen LogP contribution in [0.4, 0.5) is 5.69 Å². The Bertz CT molecular complexity index is 626. The van der Waals surface area contributed by atoms with Crippen molar-refractivity contribution in [1.29, 1.82) is 0 Å². The molecule has 0 saturated carbocycles. The molecule has 4 heteroatoms. The van der Waals surface area contributed by atoms with E-state index in [0.717, 1.165) is 17.8 Å². The van der Waals surface area contributed by atoms with Gasteiger partial charge in [0.05, 0.1) is 6.10 Å². The molecule has 4 nitrogen and oxygen atoms in total. The van der Waals surface area contributed by atoms with Crippen molar-refractivity contribution in [2.24, 2.45) is 0 Å². The van der Waals surface area contributed by atoms with E-state index in [0.29, 0.717) is 13.1 Å². The third-order valence-corrected chi connectivity index (χ3v) is 3.42. The Balaban J connectivity index is 2.09. The zero-order valence-corrected chi connectivity index (χ0v) is 13.7. The molecule has 2 aromatic rings. The van der Waals surface area contributed by atoms with Crippen molar-refractivity contribution in [3.05, 3.63) is 65.7 Å². The quantitative estimate of drug-likeness (QED) is 0.826. The van der Waals surface area contributed by atoms with Crippen LogP contribution in [0.5, 0.6) is 0 Å². The Morgan fingerprint density at radius 3 is 2.39 bits per heavy atom. The maximum Gasteiger partial charge on any atom is 0.221 e. The van der Waals surface area contributed by atoms with Gasteiger partial charge in [0.2, 0.25) is 5.91 Å². The molecular formula is C19H24N2O2. The first-order valence-electron chi connectivity index (χ1n) is 7.84. The zero-order chi connectivity index (χ0) is 16.7. The summed E-state index contributed by atoms with van der Waals surface area (Å²) in [4.78, 5) is 13.4. The standard InChI is InChI=1S/C19H24N2O2/c1-15(22)12-21(13-17-7-4-3-5-8-17)14-18-9-6-10-19(11-18)20-16(2)23/h3-11,15,22H,12-14H2,1-2H3,(H,20,23). The van der Waals surface area contributed by atoms with E-state index in [1.165, 1.54) is 12.5 Å². The number of nitrogens with zero attached hydrogens (tertiary/aromatic N) is 1. The molecule has 0 aliphatic heterocycles. The summed E-state index contributed by atoms with van der Waals surface area (Å²) in [5, 5.41) is 12.6. The topological polar surface area (TPSA) is 52.6 Å². The first-order chi connectivity index (χ1) is 11.0. The van der Waals surface area contributed by atoms with E-state index in [4.69, 9.17) is 0 Å². The van der Waals surface area contributed by atoms with E-state index in [9.17, 15) is 9.90 Å². The number of rotatable bonds is 7. The smallest absolute Gasteiger partial charge is 0.221 e. The summed E-state index contributed by atoms with van der Waals surface area (Å²) >= 11 is 0. The van der Waals surface area contributed by atoms with Gasteiger partial charge in [-0.05, 0) is 30.2 Å². The third kappa shape index (κ3) is 6.22. The minimum Gasteiger partial charge on any atom is -0.392 e. The number of hydrogen-bond acceptors (Lipinski definition) is 3. The maximum atomic E-state index is 11.2. The summed E-state index contributed by atoms with van der Waals surface area (Å²) < 4.78 is 0. The van der Waals surface area contributed by atoms with Gasteiger partial charge in [0.1, 0.15) is 0 Å². The first kappa shape index (κ1) is 17.2. The molecule has 0 aliphatic rings. The fourth-order valence-corrected chi connectivity index (χ4v) is 2.61. The molecule has 122 valence electrons. The summed E-state index contributed by atoms with van der Waals surface area (Å²) in [6, 6.07) is 18.0. The number of hydrogen-bond donors (Lipinski definition) is 2. The Labute approximate surface area is 137 Å². The highest BCUT2D eigenvalue weighted by Gasteiger charge is 2.10. The predicted molar refractivity (Wildman–Crippen MR) is 93.0 cm³/mol. The maximum absolute atomic E-state index is 11.2. The number of aliphatic hydroxyl groups excluding tert-OH is 1. The normalized spacial score (nSPS) is 12.2. The Hall–Kier alpha value is -2.17. The molecule has 0 aromatic heterocycles. The fourth-order valence-electron chi connectivity index (χ4n) is 2.61. The highest BCUT2D eigenvalue weighted by atomic mass is 16.3. The molecule has 2 rings (SSSR count). The van der Waals surface area contributed by atoms with Crippen molar-refractivity contribution in [3.63, 3.8) is 0 Å². The van der Waals surface area contributed by atoms with Gasteiger partial charge in [-0.3, -0.25) is 9.69 Å². The van der Waals surface area contributed by atoms with E-state index in [1.54, 1.807) is 6.92 Å². The van der Waals surface area contributed by atoms with E-state index >= 15 is 0 Å². The lowest BCUT2D eigenvalue weighted by molar-refractivity contribution is -0.114. The van der Waals surface area contributed by atoms with Crippen LogP contribution >= 0.6 is 0 Å². The molecule has 0 saturated heterocycles. The van der Waals surface area contributed by atoms with Gasteiger partial charge in [-0.1, -0.05) is 42.5 Å². The molecular weight excluding hydrogens is 288 g/mol. The van der Waals surface area contributed by atoms with Crippen LogP contribution in [0.15, 0.2) is 54.6 Å². The Morgan fingerprint density at radius 2 is 1.74 bits per heavy atom. The first-order valence-corrected chi connectivity index (χ1v) is 7.84. The van der Waals surface area contributed by atoms with Gasteiger partial charge in [-0.15, -0.1) is 0 Å². The average Bonchev–Trinajstić information content (AvgIpc) is 2.47. The van der Waals surface area contributed by atoms with Crippen LogP contribution in [0.3, 0.4) is 0 Å². The summed E-state index contributed by atoms with van der Waals surface area (Å²) in [5.74, 6) is -0.0766. The summed E-state index contributed by atoms with van der Waals surface area (Å²) in [6.45, 7) is 5.39. The lowest BCUT2D eigenvalue weighted by Crippen LogP contribution is -2.30. The fraction of sp³-hybridized carbons (Fsp3) is 0.316. The molecule has 1 atom stereocenters. The van der Waals surface area contributed by atoms with Gasteiger partial charge < -0.3 is 10.4 Å². The summed E-state index contributed by atoms with van der Waals surface area (Å²) in [7, 11) is 0. The van der Waals surface area contributed by atoms with Crippen LogP contribution in [-0.2, 0) is 17.9 Å². The highest BCUT2D eigenvalue weighted by molar-refractivity contribution is 5.88. The van der Waals surface area contributed by atoms with E-state index < -0.39 is 6.10 Å². The number of anilines is 1. The molecule has 1 amide bonds. The highest BCUT2D eigenvalue weighted by Crippen LogP contribution is 2.15. The number of nitrogens with one attached hydrogen (secondary N) is 1. The van der Waals surface area contributed by atoms with Gasteiger partial charge in [0, 0.05) is 32.2 Å². The SMILES string of the molecule is CC(=O)Nc1cccc(CN(Cc2ccccc2)CC(C)O)c1.